The predicted octanol–water partition coefficient (Wildman–Crippen LogP) is 4.09. The monoisotopic (exact) mass is 517 g/mol. The number of hydrogen-bond acceptors (Lipinski definition) is 10. The summed E-state index contributed by atoms with van der Waals surface area (Å²) in [6.45, 7) is 4.35. The van der Waals surface area contributed by atoms with Crippen LogP contribution in [0.2, 0.25) is 0 Å². The van der Waals surface area contributed by atoms with Gasteiger partial charge in [0.2, 0.25) is 5.95 Å². The second-order valence-corrected chi connectivity index (χ2v) is 9.31. The number of amides is 1. The van der Waals surface area contributed by atoms with Crippen LogP contribution in [-0.4, -0.2) is 59.9 Å². The Kier molecular flexibility index (Phi) is 7.27. The quantitative estimate of drug-likeness (QED) is 0.200. The van der Waals surface area contributed by atoms with Crippen molar-refractivity contribution < 1.29 is 19.2 Å². The van der Waals surface area contributed by atoms with E-state index in [0.717, 1.165) is 77.7 Å². The number of hydroxylamine groups is 1. The molecule has 4 heterocycles. The fourth-order valence-corrected chi connectivity index (χ4v) is 4.72. The summed E-state index contributed by atoms with van der Waals surface area (Å²) in [5.74, 6) is 2.73. The average Bonchev–Trinajstić information content (AvgIpc) is 3.41. The normalized spacial score (nSPS) is 13.9. The van der Waals surface area contributed by atoms with Crippen LogP contribution in [0, 0.1) is 12.8 Å². The van der Waals surface area contributed by atoms with E-state index in [1.54, 1.807) is 12.6 Å². The highest BCUT2D eigenvalue weighted by Gasteiger charge is 2.22. The molecule has 5 rings (SSSR count). The van der Waals surface area contributed by atoms with Gasteiger partial charge in [-0.2, -0.15) is 0 Å². The Morgan fingerprint density at radius 1 is 1.16 bits per heavy atom. The SMILES string of the molecule is CNc1cc2nc(-c3ccc(C)o3)cc(NCC3CCN(c4ncc(C(=O)NO)cn4)CC3)c2cc1OC. The molecule has 198 valence electrons. The summed E-state index contributed by atoms with van der Waals surface area (Å²) in [6.07, 6.45) is 4.77. The lowest BCUT2D eigenvalue weighted by Crippen LogP contribution is -2.37. The Morgan fingerprint density at radius 3 is 2.55 bits per heavy atom. The zero-order chi connectivity index (χ0) is 26.6. The van der Waals surface area contributed by atoms with E-state index in [1.807, 2.05) is 44.3 Å². The maximum Gasteiger partial charge on any atom is 0.277 e. The number of fused-ring (bicyclic) bond motifs is 1. The van der Waals surface area contributed by atoms with Crippen molar-refractivity contribution in [3.8, 4) is 17.2 Å². The van der Waals surface area contributed by atoms with Gasteiger partial charge in [0.25, 0.3) is 5.91 Å². The number of ether oxygens (including phenoxy) is 1. The van der Waals surface area contributed by atoms with Crippen molar-refractivity contribution in [2.45, 2.75) is 19.8 Å². The fourth-order valence-electron chi connectivity index (χ4n) is 4.72. The van der Waals surface area contributed by atoms with Crippen LogP contribution in [0.1, 0.15) is 29.0 Å². The smallest absolute Gasteiger partial charge is 0.277 e. The molecular weight excluding hydrogens is 486 g/mol. The molecule has 4 aromatic rings. The molecule has 1 amide bonds. The fraction of sp³-hybridized carbons (Fsp3) is 0.333. The number of aryl methyl sites for hydroxylation is 1. The first-order valence-electron chi connectivity index (χ1n) is 12.5. The van der Waals surface area contributed by atoms with Gasteiger partial charge in [-0.25, -0.2) is 20.4 Å². The number of aromatic nitrogens is 3. The molecule has 38 heavy (non-hydrogen) atoms. The first-order valence-corrected chi connectivity index (χ1v) is 12.5. The highest BCUT2D eigenvalue weighted by atomic mass is 16.5. The number of rotatable bonds is 8. The van der Waals surface area contributed by atoms with Gasteiger partial charge in [0, 0.05) is 50.1 Å². The van der Waals surface area contributed by atoms with E-state index < -0.39 is 5.91 Å². The number of hydrogen-bond donors (Lipinski definition) is 4. The van der Waals surface area contributed by atoms with Crippen molar-refractivity contribution in [3.63, 3.8) is 0 Å². The molecule has 1 aliphatic rings. The van der Waals surface area contributed by atoms with Crippen molar-refractivity contribution in [3.05, 3.63) is 54.0 Å². The molecule has 0 aliphatic carbocycles. The van der Waals surface area contributed by atoms with Gasteiger partial charge >= 0.3 is 0 Å². The molecule has 0 spiro atoms. The van der Waals surface area contributed by atoms with Gasteiger partial charge in [-0.05, 0) is 56.0 Å². The largest absolute Gasteiger partial charge is 0.495 e. The van der Waals surface area contributed by atoms with E-state index >= 15 is 0 Å². The van der Waals surface area contributed by atoms with Crippen LogP contribution in [0.25, 0.3) is 22.4 Å². The number of piperidine rings is 1. The summed E-state index contributed by atoms with van der Waals surface area (Å²) in [6, 6.07) is 9.91. The van der Waals surface area contributed by atoms with Gasteiger partial charge in [-0.3, -0.25) is 10.0 Å². The molecular formula is C27H31N7O4. The minimum absolute atomic E-state index is 0.211. The zero-order valence-corrected chi connectivity index (χ0v) is 21.6. The number of benzene rings is 1. The minimum atomic E-state index is -0.630. The Balaban J connectivity index is 1.32. The molecule has 1 saturated heterocycles. The zero-order valence-electron chi connectivity index (χ0n) is 21.6. The van der Waals surface area contributed by atoms with Crippen molar-refractivity contribution in [1.29, 1.82) is 0 Å². The highest BCUT2D eigenvalue weighted by molar-refractivity contribution is 5.97. The van der Waals surface area contributed by atoms with Crippen LogP contribution >= 0.6 is 0 Å². The maximum absolute atomic E-state index is 11.5. The summed E-state index contributed by atoms with van der Waals surface area (Å²) < 4.78 is 11.5. The summed E-state index contributed by atoms with van der Waals surface area (Å²) in [4.78, 5) is 27.1. The number of anilines is 3. The van der Waals surface area contributed by atoms with Gasteiger partial charge in [0.1, 0.15) is 17.2 Å². The van der Waals surface area contributed by atoms with Crippen molar-refractivity contribution >= 4 is 34.1 Å². The number of carbonyl (C=O) groups excluding carboxylic acids is 1. The first-order chi connectivity index (χ1) is 18.5. The summed E-state index contributed by atoms with van der Waals surface area (Å²) in [7, 11) is 3.52. The Bertz CT molecular complexity index is 1430. The Hall–Kier alpha value is -4.38. The molecule has 0 atom stereocenters. The topological polar surface area (TPSA) is 138 Å². The maximum atomic E-state index is 11.5. The number of nitrogens with zero attached hydrogens (tertiary/aromatic N) is 4. The standard InChI is InChI=1S/C27H31N7O4/c1-16-4-5-24(38-16)23-11-20(19-10-25(37-3)22(28-2)12-21(19)32-23)29-13-17-6-8-34(9-7-17)27-30-14-18(15-31-27)26(35)33-36/h4-5,10-12,14-15,17,28,36H,6-9,13H2,1-3H3,(H,29,32)(H,33,35). The van der Waals surface area contributed by atoms with Gasteiger partial charge in [0.05, 0.1) is 23.9 Å². The van der Waals surface area contributed by atoms with E-state index in [9.17, 15) is 4.79 Å². The van der Waals surface area contributed by atoms with Gasteiger partial charge in [-0.15, -0.1) is 0 Å². The van der Waals surface area contributed by atoms with Gasteiger partial charge in [-0.1, -0.05) is 0 Å². The lowest BCUT2D eigenvalue weighted by atomic mass is 9.96. The number of nitrogens with one attached hydrogen (secondary N) is 3. The van der Waals surface area contributed by atoms with Crippen molar-refractivity contribution in [2.75, 3.05) is 49.3 Å². The number of methoxy groups -OCH3 is 1. The molecule has 0 radical (unpaired) electrons. The second kappa shape index (κ2) is 10.9. The number of pyridine rings is 1. The molecule has 1 fully saturated rings. The molecule has 1 aromatic carbocycles. The molecule has 1 aliphatic heterocycles. The average molecular weight is 518 g/mol. The van der Waals surface area contributed by atoms with Crippen molar-refractivity contribution in [1.82, 2.24) is 20.4 Å². The molecule has 11 heteroatoms. The third-order valence-electron chi connectivity index (χ3n) is 6.87. The lowest BCUT2D eigenvalue weighted by molar-refractivity contribution is 0.0705. The lowest BCUT2D eigenvalue weighted by Gasteiger charge is -2.32. The van der Waals surface area contributed by atoms with Crippen LogP contribution in [0.4, 0.5) is 17.3 Å². The van der Waals surface area contributed by atoms with E-state index in [2.05, 4.69) is 25.5 Å². The summed E-state index contributed by atoms with van der Waals surface area (Å²) >= 11 is 0. The second-order valence-electron chi connectivity index (χ2n) is 9.31. The van der Waals surface area contributed by atoms with Crippen LogP contribution in [0.3, 0.4) is 0 Å². The van der Waals surface area contributed by atoms with E-state index in [-0.39, 0.29) is 5.56 Å². The number of furan rings is 1. The third kappa shape index (κ3) is 5.18. The molecule has 3 aromatic heterocycles. The number of carbonyl (C=O) groups is 1. The molecule has 0 saturated carbocycles. The summed E-state index contributed by atoms with van der Waals surface area (Å²) in [5.41, 5.74) is 5.26. The summed E-state index contributed by atoms with van der Waals surface area (Å²) in [5, 5.41) is 16.6. The van der Waals surface area contributed by atoms with E-state index in [4.69, 9.17) is 19.3 Å². The van der Waals surface area contributed by atoms with E-state index in [0.29, 0.717) is 11.9 Å². The molecule has 11 nitrogen and oxygen atoms in total. The van der Waals surface area contributed by atoms with Gasteiger partial charge in [0.15, 0.2) is 5.76 Å². The third-order valence-corrected chi connectivity index (χ3v) is 6.87. The molecule has 4 N–H and O–H groups in total. The molecule has 0 bridgehead atoms. The Morgan fingerprint density at radius 2 is 1.92 bits per heavy atom. The first kappa shape index (κ1) is 25.3. The van der Waals surface area contributed by atoms with Crippen LogP contribution in [-0.2, 0) is 0 Å². The van der Waals surface area contributed by atoms with Crippen LogP contribution < -0.4 is 25.8 Å². The van der Waals surface area contributed by atoms with Gasteiger partial charge < -0.3 is 24.7 Å². The van der Waals surface area contributed by atoms with E-state index in [1.165, 1.54) is 12.4 Å². The van der Waals surface area contributed by atoms with Crippen LogP contribution in [0.15, 0.2) is 47.1 Å². The predicted molar refractivity (Wildman–Crippen MR) is 145 cm³/mol. The highest BCUT2D eigenvalue weighted by Crippen LogP contribution is 2.36. The molecule has 0 unspecified atom stereocenters. The van der Waals surface area contributed by atoms with Crippen LogP contribution in [0.5, 0.6) is 5.75 Å². The van der Waals surface area contributed by atoms with Crippen molar-refractivity contribution in [2.24, 2.45) is 5.92 Å². The Labute approximate surface area is 220 Å². The minimum Gasteiger partial charge on any atom is -0.495 e.